The number of amides is 2. The van der Waals surface area contributed by atoms with Crippen LogP contribution in [-0.2, 0) is 19.1 Å². The summed E-state index contributed by atoms with van der Waals surface area (Å²) in [4.78, 5) is 33.5. The van der Waals surface area contributed by atoms with E-state index >= 15 is 0 Å². The fourth-order valence-corrected chi connectivity index (χ4v) is 1.71. The van der Waals surface area contributed by atoms with E-state index < -0.39 is 24.4 Å². The highest BCUT2D eigenvalue weighted by atomic mass is 16.5. The van der Waals surface area contributed by atoms with Crippen LogP contribution in [0.15, 0.2) is 24.3 Å². The van der Waals surface area contributed by atoms with E-state index in [1.807, 2.05) is 13.8 Å². The lowest BCUT2D eigenvalue weighted by molar-refractivity contribution is -0.144. The van der Waals surface area contributed by atoms with Gasteiger partial charge in [0.05, 0.1) is 13.2 Å². The lowest BCUT2D eigenvalue weighted by atomic mass is 10.2. The van der Waals surface area contributed by atoms with Gasteiger partial charge in [-0.3, -0.25) is 20.4 Å². The maximum atomic E-state index is 11.6. The van der Waals surface area contributed by atoms with E-state index in [9.17, 15) is 14.4 Å². The number of carbonyl (C=O) groups excluding carboxylic acids is 3. The van der Waals surface area contributed by atoms with Gasteiger partial charge in [-0.25, -0.2) is 4.79 Å². The van der Waals surface area contributed by atoms with E-state index in [0.29, 0.717) is 30.3 Å². The Labute approximate surface area is 146 Å². The van der Waals surface area contributed by atoms with Gasteiger partial charge in [0, 0.05) is 13.0 Å². The second-order valence-corrected chi connectivity index (χ2v) is 4.74. The average Bonchev–Trinajstić information content (AvgIpc) is 2.58. The van der Waals surface area contributed by atoms with Crippen LogP contribution in [0.2, 0.25) is 0 Å². The molecule has 0 bridgehead atoms. The summed E-state index contributed by atoms with van der Waals surface area (Å²) in [6, 6.07) is 5.25. The Kier molecular flexibility index (Phi) is 8.56. The van der Waals surface area contributed by atoms with Crippen molar-refractivity contribution in [3.8, 4) is 11.5 Å². The Bertz CT molecular complexity index is 642. The molecule has 1 aromatic carbocycles. The van der Waals surface area contributed by atoms with Gasteiger partial charge in [0.1, 0.15) is 0 Å². The summed E-state index contributed by atoms with van der Waals surface area (Å²) < 4.78 is 15.7. The minimum absolute atomic E-state index is 0.430. The molecule has 25 heavy (non-hydrogen) atoms. The zero-order chi connectivity index (χ0) is 18.7. The fraction of sp³-hybridized carbons (Fsp3) is 0.353. The van der Waals surface area contributed by atoms with Crippen molar-refractivity contribution in [3.63, 3.8) is 0 Å². The van der Waals surface area contributed by atoms with Crippen LogP contribution in [0.5, 0.6) is 11.5 Å². The molecular formula is C17H22N2O6. The number of nitrogens with one attached hydrogen (secondary N) is 2. The van der Waals surface area contributed by atoms with Crippen LogP contribution >= 0.6 is 0 Å². The lowest BCUT2D eigenvalue weighted by Crippen LogP contribution is -2.42. The normalized spacial score (nSPS) is 10.2. The lowest BCUT2D eigenvalue weighted by Gasteiger charge is -2.11. The number of hydrogen-bond donors (Lipinski definition) is 2. The molecule has 0 unspecified atom stereocenters. The molecule has 0 aliphatic heterocycles. The molecule has 2 amide bonds. The molecule has 0 saturated carbocycles. The number of rotatable bonds is 8. The monoisotopic (exact) mass is 350 g/mol. The van der Waals surface area contributed by atoms with Crippen molar-refractivity contribution in [1.29, 1.82) is 0 Å². The minimum Gasteiger partial charge on any atom is -0.490 e. The molecule has 1 aromatic rings. The molecule has 0 heterocycles. The molecule has 2 N–H and O–H groups in total. The van der Waals surface area contributed by atoms with Gasteiger partial charge in [0.15, 0.2) is 18.1 Å². The summed E-state index contributed by atoms with van der Waals surface area (Å²) in [5.74, 6) is -0.560. The molecule has 1 rings (SSSR count). The van der Waals surface area contributed by atoms with Crippen LogP contribution in [0.3, 0.4) is 0 Å². The first kappa shape index (κ1) is 20.0. The van der Waals surface area contributed by atoms with Gasteiger partial charge >= 0.3 is 5.97 Å². The number of benzene rings is 1. The highest BCUT2D eigenvalue weighted by molar-refractivity contribution is 5.89. The second-order valence-electron chi connectivity index (χ2n) is 4.74. The Morgan fingerprint density at radius 3 is 2.36 bits per heavy atom. The van der Waals surface area contributed by atoms with Gasteiger partial charge in [-0.15, -0.1) is 0 Å². The zero-order valence-corrected chi connectivity index (χ0v) is 14.5. The number of hydrazine groups is 1. The predicted molar refractivity (Wildman–Crippen MR) is 90.7 cm³/mol. The quantitative estimate of drug-likeness (QED) is 0.415. The molecule has 0 aromatic heterocycles. The van der Waals surface area contributed by atoms with Crippen molar-refractivity contribution in [2.45, 2.75) is 20.8 Å². The maximum Gasteiger partial charge on any atom is 0.331 e. The van der Waals surface area contributed by atoms with Crippen molar-refractivity contribution >= 4 is 23.9 Å². The van der Waals surface area contributed by atoms with Crippen molar-refractivity contribution in [2.24, 2.45) is 0 Å². The van der Waals surface area contributed by atoms with Crippen LogP contribution in [0.4, 0.5) is 0 Å². The number of hydrogen-bond acceptors (Lipinski definition) is 6. The highest BCUT2D eigenvalue weighted by Crippen LogP contribution is 2.28. The van der Waals surface area contributed by atoms with Gasteiger partial charge in [0.25, 0.3) is 5.91 Å². The molecule has 0 atom stereocenters. The van der Waals surface area contributed by atoms with E-state index in [4.69, 9.17) is 14.2 Å². The third kappa shape index (κ3) is 7.87. The second kappa shape index (κ2) is 10.7. The van der Waals surface area contributed by atoms with E-state index in [-0.39, 0.29) is 0 Å². The van der Waals surface area contributed by atoms with Crippen LogP contribution in [0.1, 0.15) is 26.3 Å². The Morgan fingerprint density at radius 1 is 1.04 bits per heavy atom. The summed E-state index contributed by atoms with van der Waals surface area (Å²) in [6.07, 6.45) is 2.73. The van der Waals surface area contributed by atoms with E-state index in [0.717, 1.165) is 0 Å². The van der Waals surface area contributed by atoms with E-state index in [2.05, 4.69) is 10.9 Å². The Morgan fingerprint density at radius 2 is 1.72 bits per heavy atom. The highest BCUT2D eigenvalue weighted by Gasteiger charge is 2.07. The maximum absolute atomic E-state index is 11.6. The molecule has 136 valence electrons. The van der Waals surface area contributed by atoms with E-state index in [1.54, 1.807) is 18.2 Å². The number of esters is 1. The van der Waals surface area contributed by atoms with Crippen LogP contribution in [-0.4, -0.2) is 37.6 Å². The number of carbonyl (C=O) groups is 3. The van der Waals surface area contributed by atoms with Gasteiger partial charge in [-0.1, -0.05) is 6.07 Å². The number of ether oxygens (including phenoxy) is 3. The summed E-state index contributed by atoms with van der Waals surface area (Å²) in [5, 5.41) is 0. The topological polar surface area (TPSA) is 103 Å². The van der Waals surface area contributed by atoms with Gasteiger partial charge in [0.2, 0.25) is 5.91 Å². The molecule has 8 nitrogen and oxygen atoms in total. The summed E-state index contributed by atoms with van der Waals surface area (Å²) in [7, 11) is 0. The standard InChI is InChI=1S/C17H22N2O6/c1-4-23-14-8-6-13(10-15(14)24-5-2)7-9-17(22)25-11-16(21)19-18-12(3)20/h6-10H,4-5,11H2,1-3H3,(H,18,20)(H,19,21)/b9-7+. The fourth-order valence-electron chi connectivity index (χ4n) is 1.71. The van der Waals surface area contributed by atoms with E-state index in [1.165, 1.54) is 19.1 Å². The first-order valence-electron chi connectivity index (χ1n) is 7.76. The largest absolute Gasteiger partial charge is 0.490 e. The first-order chi connectivity index (χ1) is 12.0. The molecule has 8 heteroatoms. The molecule has 0 aliphatic rings. The SMILES string of the molecule is CCOc1ccc(/C=C/C(=O)OCC(=O)NNC(C)=O)cc1OCC. The summed E-state index contributed by atoms with van der Waals surface area (Å²) >= 11 is 0. The van der Waals surface area contributed by atoms with Crippen LogP contribution in [0.25, 0.3) is 6.08 Å². The molecule has 0 spiro atoms. The van der Waals surface area contributed by atoms with Crippen molar-refractivity contribution in [3.05, 3.63) is 29.8 Å². The van der Waals surface area contributed by atoms with Gasteiger partial charge in [-0.05, 0) is 37.6 Å². The third-order valence-electron chi connectivity index (χ3n) is 2.70. The summed E-state index contributed by atoms with van der Waals surface area (Å²) in [5.41, 5.74) is 4.88. The average molecular weight is 350 g/mol. The van der Waals surface area contributed by atoms with Gasteiger partial charge < -0.3 is 14.2 Å². The summed E-state index contributed by atoms with van der Waals surface area (Å²) in [6.45, 7) is 5.48. The van der Waals surface area contributed by atoms with Crippen molar-refractivity contribution < 1.29 is 28.6 Å². The molecule has 0 fully saturated rings. The minimum atomic E-state index is -0.690. The molecule has 0 aliphatic carbocycles. The smallest absolute Gasteiger partial charge is 0.331 e. The molecule has 0 saturated heterocycles. The van der Waals surface area contributed by atoms with Crippen molar-refractivity contribution in [1.82, 2.24) is 10.9 Å². The molecular weight excluding hydrogens is 328 g/mol. The van der Waals surface area contributed by atoms with Crippen LogP contribution < -0.4 is 20.3 Å². The van der Waals surface area contributed by atoms with Gasteiger partial charge in [-0.2, -0.15) is 0 Å². The Balaban J connectivity index is 2.59. The van der Waals surface area contributed by atoms with Crippen LogP contribution in [0, 0.1) is 0 Å². The first-order valence-corrected chi connectivity index (χ1v) is 7.76. The van der Waals surface area contributed by atoms with Crippen molar-refractivity contribution in [2.75, 3.05) is 19.8 Å². The zero-order valence-electron chi connectivity index (χ0n) is 14.5. The molecule has 0 radical (unpaired) electrons. The third-order valence-corrected chi connectivity index (χ3v) is 2.70. The predicted octanol–water partition coefficient (Wildman–Crippen LogP) is 1.21. The Hall–Kier alpha value is -3.03.